The number of hydrogen-bond acceptors (Lipinski definition) is 5. The fraction of sp³-hybridized carbons (Fsp3) is 0.364. The van der Waals surface area contributed by atoms with Crippen LogP contribution >= 0.6 is 0 Å². The molecule has 156 valence electrons. The van der Waals surface area contributed by atoms with Crippen molar-refractivity contribution in [3.05, 3.63) is 52.7 Å². The number of carbonyl (C=O) groups excluding carboxylic acids is 3. The van der Waals surface area contributed by atoms with Crippen LogP contribution in [0.15, 0.2) is 30.5 Å². The van der Waals surface area contributed by atoms with Crippen LogP contribution in [-0.4, -0.2) is 34.2 Å². The lowest BCUT2D eigenvalue weighted by atomic mass is 9.88. The summed E-state index contributed by atoms with van der Waals surface area (Å²) in [6.07, 6.45) is 3.12. The molecule has 1 saturated heterocycles. The van der Waals surface area contributed by atoms with Gasteiger partial charge in [-0.2, -0.15) is 0 Å². The summed E-state index contributed by atoms with van der Waals surface area (Å²) in [6, 6.07) is 7.16. The van der Waals surface area contributed by atoms with E-state index < -0.39 is 11.8 Å². The van der Waals surface area contributed by atoms with Gasteiger partial charge in [-0.1, -0.05) is 19.1 Å². The van der Waals surface area contributed by atoms with Gasteiger partial charge in [-0.25, -0.2) is 4.98 Å². The van der Waals surface area contributed by atoms with Crippen molar-refractivity contribution >= 4 is 29.2 Å². The number of rotatable bonds is 2. The first-order chi connectivity index (χ1) is 14.3. The summed E-state index contributed by atoms with van der Waals surface area (Å²) in [6.45, 7) is 4.86. The second-order valence-electron chi connectivity index (χ2n) is 8.14. The van der Waals surface area contributed by atoms with Crippen molar-refractivity contribution in [1.29, 1.82) is 0 Å². The first-order valence-electron chi connectivity index (χ1n) is 10.1. The van der Waals surface area contributed by atoms with E-state index in [2.05, 4.69) is 22.5 Å². The number of carbonyl (C=O) groups is 3. The summed E-state index contributed by atoms with van der Waals surface area (Å²) in [5, 5.41) is 5.44. The third-order valence-corrected chi connectivity index (χ3v) is 5.85. The Bertz CT molecular complexity index is 1040. The smallest absolute Gasteiger partial charge is 0.313 e. The van der Waals surface area contributed by atoms with Gasteiger partial charge in [0.2, 0.25) is 0 Å². The van der Waals surface area contributed by atoms with E-state index in [1.54, 1.807) is 17.9 Å². The molecular weight excluding hydrogens is 382 g/mol. The van der Waals surface area contributed by atoms with Crippen LogP contribution < -0.4 is 16.4 Å². The van der Waals surface area contributed by atoms with Crippen LogP contribution in [-0.2, 0) is 16.1 Å². The molecule has 3 amide bonds. The van der Waals surface area contributed by atoms with E-state index in [4.69, 9.17) is 5.73 Å². The number of likely N-dealkylation sites (tertiary alicyclic amines) is 1. The van der Waals surface area contributed by atoms with Gasteiger partial charge in [-0.05, 0) is 54.5 Å². The predicted molar refractivity (Wildman–Crippen MR) is 112 cm³/mol. The Morgan fingerprint density at radius 3 is 2.83 bits per heavy atom. The highest BCUT2D eigenvalue weighted by Crippen LogP contribution is 2.35. The standard InChI is InChI=1S/C22H25N5O3/c1-12-3-6-18(14-4-5-15-9-25-20(28)17(15)8-14)27(11-12)22(30)21(29)26-16-7-13(2)19(23)24-10-16/h4-5,7-8,10,12,18H,3,6,9,11H2,1-2H3,(H2,23,24)(H,25,28)(H,26,29)/t12-,18+/m0/s1. The summed E-state index contributed by atoms with van der Waals surface area (Å²) in [4.78, 5) is 43.5. The second kappa shape index (κ2) is 7.78. The van der Waals surface area contributed by atoms with Gasteiger partial charge in [-0.3, -0.25) is 14.4 Å². The van der Waals surface area contributed by atoms with Crippen LogP contribution in [0.5, 0.6) is 0 Å². The third kappa shape index (κ3) is 3.72. The summed E-state index contributed by atoms with van der Waals surface area (Å²) >= 11 is 0. The number of aryl methyl sites for hydroxylation is 1. The van der Waals surface area contributed by atoms with Crippen molar-refractivity contribution in [3.8, 4) is 0 Å². The number of nitrogen functional groups attached to an aromatic ring is 1. The molecule has 30 heavy (non-hydrogen) atoms. The van der Waals surface area contributed by atoms with Gasteiger partial charge in [0.25, 0.3) is 5.91 Å². The maximum Gasteiger partial charge on any atom is 0.313 e. The summed E-state index contributed by atoms with van der Waals surface area (Å²) in [5.41, 5.74) is 9.34. The van der Waals surface area contributed by atoms with Crippen LogP contribution in [0.25, 0.3) is 0 Å². The van der Waals surface area contributed by atoms with E-state index in [0.717, 1.165) is 29.5 Å². The van der Waals surface area contributed by atoms with Gasteiger partial charge in [0, 0.05) is 18.7 Å². The van der Waals surface area contributed by atoms with E-state index >= 15 is 0 Å². The molecule has 1 aromatic heterocycles. The SMILES string of the molecule is Cc1cc(NC(=O)C(=O)N2C[C@@H](C)CC[C@@H]2c2ccc3c(c2)C(=O)NC3)cnc1N. The van der Waals surface area contributed by atoms with Crippen molar-refractivity contribution < 1.29 is 14.4 Å². The Morgan fingerprint density at radius 1 is 1.27 bits per heavy atom. The quantitative estimate of drug-likeness (QED) is 0.660. The van der Waals surface area contributed by atoms with E-state index in [1.165, 1.54) is 6.20 Å². The molecule has 4 N–H and O–H groups in total. The lowest BCUT2D eigenvalue weighted by Crippen LogP contribution is -2.46. The highest BCUT2D eigenvalue weighted by molar-refractivity contribution is 6.39. The molecule has 0 spiro atoms. The van der Waals surface area contributed by atoms with Crippen LogP contribution in [0, 0.1) is 12.8 Å². The number of amides is 3. The normalized spacial score (nSPS) is 20.5. The highest BCUT2D eigenvalue weighted by atomic mass is 16.2. The zero-order chi connectivity index (χ0) is 21.4. The van der Waals surface area contributed by atoms with Crippen molar-refractivity contribution in [2.24, 2.45) is 5.92 Å². The maximum atomic E-state index is 13.1. The second-order valence-corrected chi connectivity index (χ2v) is 8.14. The molecule has 3 heterocycles. The van der Waals surface area contributed by atoms with E-state index in [-0.39, 0.29) is 17.9 Å². The van der Waals surface area contributed by atoms with E-state index in [1.807, 2.05) is 18.2 Å². The van der Waals surface area contributed by atoms with E-state index in [0.29, 0.717) is 30.2 Å². The molecule has 0 aliphatic carbocycles. The number of anilines is 2. The number of nitrogens with two attached hydrogens (primary N) is 1. The molecule has 0 saturated carbocycles. The number of fused-ring (bicyclic) bond motifs is 1. The predicted octanol–water partition coefficient (Wildman–Crippen LogP) is 2.15. The zero-order valence-electron chi connectivity index (χ0n) is 17.1. The van der Waals surface area contributed by atoms with Crippen molar-refractivity contribution in [2.75, 3.05) is 17.6 Å². The Balaban J connectivity index is 1.57. The summed E-state index contributed by atoms with van der Waals surface area (Å²) in [5.74, 6) is -0.733. The van der Waals surface area contributed by atoms with Crippen LogP contribution in [0.1, 0.15) is 52.9 Å². The Morgan fingerprint density at radius 2 is 2.07 bits per heavy atom. The third-order valence-electron chi connectivity index (χ3n) is 5.85. The molecular formula is C22H25N5O3. The number of hydrogen-bond donors (Lipinski definition) is 3. The number of nitrogens with one attached hydrogen (secondary N) is 2. The lowest BCUT2D eigenvalue weighted by Gasteiger charge is -2.38. The molecule has 2 aromatic rings. The lowest BCUT2D eigenvalue weighted by molar-refractivity contribution is -0.146. The van der Waals surface area contributed by atoms with Crippen LogP contribution in [0.3, 0.4) is 0 Å². The first kappa shape index (κ1) is 19.9. The monoisotopic (exact) mass is 407 g/mol. The molecule has 2 atom stereocenters. The summed E-state index contributed by atoms with van der Waals surface area (Å²) < 4.78 is 0. The minimum atomic E-state index is -0.709. The first-order valence-corrected chi connectivity index (χ1v) is 10.1. The Labute approximate surface area is 174 Å². The molecule has 8 nitrogen and oxygen atoms in total. The number of pyridine rings is 1. The number of benzene rings is 1. The minimum Gasteiger partial charge on any atom is -0.383 e. The fourth-order valence-corrected chi connectivity index (χ4v) is 4.13. The molecule has 1 aromatic carbocycles. The largest absolute Gasteiger partial charge is 0.383 e. The molecule has 0 bridgehead atoms. The highest BCUT2D eigenvalue weighted by Gasteiger charge is 2.35. The van der Waals surface area contributed by atoms with Gasteiger partial charge in [0.15, 0.2) is 0 Å². The fourth-order valence-electron chi connectivity index (χ4n) is 4.13. The van der Waals surface area contributed by atoms with Crippen LogP contribution in [0.4, 0.5) is 11.5 Å². The van der Waals surface area contributed by atoms with Gasteiger partial charge in [0.1, 0.15) is 5.82 Å². The topological polar surface area (TPSA) is 117 Å². The zero-order valence-corrected chi connectivity index (χ0v) is 17.1. The average Bonchev–Trinajstić information content (AvgIpc) is 3.10. The van der Waals surface area contributed by atoms with E-state index in [9.17, 15) is 14.4 Å². The van der Waals surface area contributed by atoms with Crippen molar-refractivity contribution in [3.63, 3.8) is 0 Å². The van der Waals surface area contributed by atoms with Crippen LogP contribution in [0.2, 0.25) is 0 Å². The molecule has 0 unspecified atom stereocenters. The molecule has 1 fully saturated rings. The molecule has 2 aliphatic heterocycles. The van der Waals surface area contributed by atoms with Gasteiger partial charge in [-0.15, -0.1) is 0 Å². The molecule has 4 rings (SSSR count). The number of piperidine rings is 1. The molecule has 0 radical (unpaired) electrons. The maximum absolute atomic E-state index is 13.1. The van der Waals surface area contributed by atoms with Gasteiger partial charge < -0.3 is 21.3 Å². The Kier molecular flexibility index (Phi) is 5.15. The summed E-state index contributed by atoms with van der Waals surface area (Å²) in [7, 11) is 0. The van der Waals surface area contributed by atoms with Crippen molar-refractivity contribution in [2.45, 2.75) is 39.3 Å². The average molecular weight is 407 g/mol. The van der Waals surface area contributed by atoms with Gasteiger partial charge in [0.05, 0.1) is 17.9 Å². The Hall–Kier alpha value is -3.42. The number of nitrogens with zero attached hydrogens (tertiary/aromatic N) is 2. The minimum absolute atomic E-state index is 0.0992. The number of aromatic nitrogens is 1. The molecule has 8 heteroatoms. The van der Waals surface area contributed by atoms with Crippen molar-refractivity contribution in [1.82, 2.24) is 15.2 Å². The molecule has 2 aliphatic rings. The van der Waals surface area contributed by atoms with Gasteiger partial charge >= 0.3 is 11.8 Å².